The topological polar surface area (TPSA) is 0 Å². The smallest absolute Gasteiger partial charge is 0.0116 e. The Morgan fingerprint density at radius 1 is 0.842 bits per heavy atom. The van der Waals surface area contributed by atoms with E-state index in [-0.39, 0.29) is 5.41 Å². The van der Waals surface area contributed by atoms with Crippen LogP contribution in [0.3, 0.4) is 0 Å². The van der Waals surface area contributed by atoms with Crippen molar-refractivity contribution in [3.8, 4) is 0 Å². The van der Waals surface area contributed by atoms with Crippen LogP contribution in [0, 0.1) is 0 Å². The van der Waals surface area contributed by atoms with Crippen molar-refractivity contribution < 1.29 is 0 Å². The third kappa shape index (κ3) is 4.29. The summed E-state index contributed by atoms with van der Waals surface area (Å²) in [5.74, 6) is 0. The van der Waals surface area contributed by atoms with Gasteiger partial charge in [-0.2, -0.15) is 0 Å². The Hall–Kier alpha value is -1.47. The van der Waals surface area contributed by atoms with Crippen LogP contribution < -0.4 is 0 Å². The van der Waals surface area contributed by atoms with Crippen molar-refractivity contribution in [3.05, 3.63) is 71.1 Å². The lowest BCUT2D eigenvalue weighted by atomic mass is 9.87. The summed E-state index contributed by atoms with van der Waals surface area (Å²) in [6.07, 6.45) is 2.14. The van der Waals surface area contributed by atoms with E-state index in [0.29, 0.717) is 0 Å². The third-order valence-corrected chi connectivity index (χ3v) is 3.80. The van der Waals surface area contributed by atoms with Gasteiger partial charge in [0.1, 0.15) is 0 Å². The number of hydrogen-bond acceptors (Lipinski definition) is 1. The largest absolute Gasteiger partial charge is 0.0981 e. The summed E-state index contributed by atoms with van der Waals surface area (Å²) in [4.78, 5) is 1.28. The second kappa shape index (κ2) is 6.12. The number of hydrogen-bond donors (Lipinski definition) is 0. The van der Waals surface area contributed by atoms with Crippen molar-refractivity contribution in [1.29, 1.82) is 0 Å². The lowest BCUT2D eigenvalue weighted by molar-refractivity contribution is 0.590. The Morgan fingerprint density at radius 2 is 1.47 bits per heavy atom. The summed E-state index contributed by atoms with van der Waals surface area (Å²) < 4.78 is 0. The van der Waals surface area contributed by atoms with E-state index in [1.807, 2.05) is 6.07 Å². The highest BCUT2D eigenvalue weighted by molar-refractivity contribution is 8.02. The van der Waals surface area contributed by atoms with Crippen LogP contribution in [0.25, 0.3) is 6.08 Å². The molecule has 0 aliphatic carbocycles. The zero-order valence-corrected chi connectivity index (χ0v) is 12.6. The van der Waals surface area contributed by atoms with Crippen molar-refractivity contribution in [2.45, 2.75) is 31.1 Å². The molecular weight excluding hydrogens is 248 g/mol. The van der Waals surface area contributed by atoms with Gasteiger partial charge in [-0.15, -0.1) is 0 Å². The van der Waals surface area contributed by atoms with E-state index in [1.165, 1.54) is 16.0 Å². The molecule has 2 aromatic rings. The average Bonchev–Trinajstić information content (AvgIpc) is 2.39. The van der Waals surface area contributed by atoms with Crippen LogP contribution >= 0.6 is 11.8 Å². The summed E-state index contributed by atoms with van der Waals surface area (Å²) in [5.41, 5.74) is 2.84. The molecule has 0 atom stereocenters. The zero-order valence-electron chi connectivity index (χ0n) is 11.8. The molecule has 0 aliphatic rings. The van der Waals surface area contributed by atoms with Gasteiger partial charge < -0.3 is 0 Å². The highest BCUT2D eigenvalue weighted by Crippen LogP contribution is 2.26. The van der Waals surface area contributed by atoms with Crippen LogP contribution in [0.15, 0.2) is 64.9 Å². The molecule has 0 aliphatic heterocycles. The van der Waals surface area contributed by atoms with E-state index in [9.17, 15) is 0 Å². The number of rotatable bonds is 3. The van der Waals surface area contributed by atoms with Crippen LogP contribution in [0.2, 0.25) is 0 Å². The molecule has 0 aromatic heterocycles. The molecule has 0 amide bonds. The summed E-state index contributed by atoms with van der Waals surface area (Å²) in [6, 6.07) is 19.2. The molecule has 0 unspecified atom stereocenters. The van der Waals surface area contributed by atoms with Gasteiger partial charge in [0.25, 0.3) is 0 Å². The SMILES string of the molecule is CC(C)(C)c1ccc(SC=Cc2ccccc2)cc1. The second-order valence-electron chi connectivity index (χ2n) is 5.61. The molecule has 2 rings (SSSR count). The molecule has 0 saturated carbocycles. The minimum atomic E-state index is 0.225. The maximum atomic E-state index is 2.24. The molecule has 0 fully saturated rings. The zero-order chi connectivity index (χ0) is 13.7. The predicted molar refractivity (Wildman–Crippen MR) is 86.5 cm³/mol. The van der Waals surface area contributed by atoms with Gasteiger partial charge in [-0.3, -0.25) is 0 Å². The molecule has 0 heterocycles. The fourth-order valence-corrected chi connectivity index (χ4v) is 2.46. The molecule has 0 nitrogen and oxygen atoms in total. The van der Waals surface area contributed by atoms with Gasteiger partial charge in [-0.1, -0.05) is 75.0 Å². The third-order valence-electron chi connectivity index (χ3n) is 2.98. The molecule has 0 bridgehead atoms. The van der Waals surface area contributed by atoms with Crippen molar-refractivity contribution in [1.82, 2.24) is 0 Å². The standard InChI is InChI=1S/C18H20S/c1-18(2,3)16-9-11-17(12-10-16)19-14-13-15-7-5-4-6-8-15/h4-14H,1-3H3. The molecule has 2 aromatic carbocycles. The fourth-order valence-electron chi connectivity index (χ4n) is 1.79. The lowest BCUT2D eigenvalue weighted by Crippen LogP contribution is -2.10. The average molecular weight is 268 g/mol. The molecule has 98 valence electrons. The van der Waals surface area contributed by atoms with Crippen LogP contribution in [0.1, 0.15) is 31.9 Å². The molecule has 0 spiro atoms. The molecule has 0 saturated heterocycles. The van der Waals surface area contributed by atoms with Gasteiger partial charge in [0.2, 0.25) is 0 Å². The minimum Gasteiger partial charge on any atom is -0.0981 e. The quantitative estimate of drug-likeness (QED) is 0.639. The summed E-state index contributed by atoms with van der Waals surface area (Å²) in [5, 5.41) is 2.14. The minimum absolute atomic E-state index is 0.225. The molecule has 0 N–H and O–H groups in total. The van der Waals surface area contributed by atoms with Gasteiger partial charge in [-0.05, 0) is 40.2 Å². The van der Waals surface area contributed by atoms with E-state index in [2.05, 4.69) is 80.8 Å². The number of benzene rings is 2. The van der Waals surface area contributed by atoms with E-state index < -0.39 is 0 Å². The van der Waals surface area contributed by atoms with Crippen LogP contribution in [0.5, 0.6) is 0 Å². The van der Waals surface area contributed by atoms with Gasteiger partial charge in [-0.25, -0.2) is 0 Å². The van der Waals surface area contributed by atoms with E-state index in [0.717, 1.165) is 0 Å². The Kier molecular flexibility index (Phi) is 4.49. The molecule has 0 radical (unpaired) electrons. The van der Waals surface area contributed by atoms with Crippen molar-refractivity contribution >= 4 is 17.8 Å². The van der Waals surface area contributed by atoms with Crippen LogP contribution in [-0.4, -0.2) is 0 Å². The van der Waals surface area contributed by atoms with Gasteiger partial charge in [0, 0.05) is 4.90 Å². The summed E-state index contributed by atoms with van der Waals surface area (Å²) >= 11 is 1.75. The monoisotopic (exact) mass is 268 g/mol. The fraction of sp³-hybridized carbons (Fsp3) is 0.222. The first-order chi connectivity index (χ1) is 9.05. The summed E-state index contributed by atoms with van der Waals surface area (Å²) in [7, 11) is 0. The van der Waals surface area contributed by atoms with Crippen LogP contribution in [0.4, 0.5) is 0 Å². The van der Waals surface area contributed by atoms with Gasteiger partial charge in [0.05, 0.1) is 0 Å². The highest BCUT2D eigenvalue weighted by atomic mass is 32.2. The van der Waals surface area contributed by atoms with E-state index in [4.69, 9.17) is 0 Å². The summed E-state index contributed by atoms with van der Waals surface area (Å²) in [6.45, 7) is 6.72. The van der Waals surface area contributed by atoms with Crippen molar-refractivity contribution in [2.24, 2.45) is 0 Å². The first-order valence-corrected chi connectivity index (χ1v) is 7.42. The molecule has 19 heavy (non-hydrogen) atoms. The Labute approximate surface area is 120 Å². The van der Waals surface area contributed by atoms with Crippen molar-refractivity contribution in [3.63, 3.8) is 0 Å². The Morgan fingerprint density at radius 3 is 2.05 bits per heavy atom. The van der Waals surface area contributed by atoms with E-state index in [1.54, 1.807) is 11.8 Å². The first-order valence-electron chi connectivity index (χ1n) is 6.54. The Bertz CT molecular complexity index is 530. The maximum absolute atomic E-state index is 2.24. The van der Waals surface area contributed by atoms with E-state index >= 15 is 0 Å². The molecular formula is C18H20S. The van der Waals surface area contributed by atoms with Crippen molar-refractivity contribution in [2.75, 3.05) is 0 Å². The van der Waals surface area contributed by atoms with Gasteiger partial charge in [0.15, 0.2) is 0 Å². The highest BCUT2D eigenvalue weighted by Gasteiger charge is 2.12. The number of thioether (sulfide) groups is 1. The van der Waals surface area contributed by atoms with Gasteiger partial charge >= 0.3 is 0 Å². The second-order valence-corrected chi connectivity index (χ2v) is 6.58. The molecule has 1 heteroatoms. The maximum Gasteiger partial charge on any atom is 0.0116 e. The van der Waals surface area contributed by atoms with Crippen LogP contribution in [-0.2, 0) is 5.41 Å². The lowest BCUT2D eigenvalue weighted by Gasteiger charge is -2.18. The normalized spacial score (nSPS) is 11.9. The Balaban J connectivity index is 1.99. The first kappa shape index (κ1) is 14.0. The predicted octanol–water partition coefficient (Wildman–Crippen LogP) is 5.75.